The van der Waals surface area contributed by atoms with Crippen molar-refractivity contribution in [2.24, 2.45) is 0 Å². The Bertz CT molecular complexity index is 572. The van der Waals surface area contributed by atoms with Crippen LogP contribution in [0, 0.1) is 0 Å². The zero-order chi connectivity index (χ0) is 15.1. The third-order valence-electron chi connectivity index (χ3n) is 2.92. The minimum Gasteiger partial charge on any atom is -0.391 e. The van der Waals surface area contributed by atoms with E-state index in [0.29, 0.717) is 12.1 Å². The van der Waals surface area contributed by atoms with Crippen molar-refractivity contribution in [1.82, 2.24) is 10.3 Å². The summed E-state index contributed by atoms with van der Waals surface area (Å²) in [5, 5.41) is 17.8. The van der Waals surface area contributed by atoms with Gasteiger partial charge < -0.3 is 15.7 Å². The van der Waals surface area contributed by atoms with Crippen LogP contribution in [0.1, 0.15) is 19.8 Å². The fourth-order valence-corrected chi connectivity index (χ4v) is 2.55. The highest BCUT2D eigenvalue weighted by Gasteiger charge is 2.07. The fraction of sp³-hybridized carbons (Fsp3) is 0.333. The molecule has 21 heavy (non-hydrogen) atoms. The molecule has 1 aromatic carbocycles. The summed E-state index contributed by atoms with van der Waals surface area (Å²) in [6, 6.07) is 7.20. The van der Waals surface area contributed by atoms with Crippen LogP contribution >= 0.6 is 11.3 Å². The largest absolute Gasteiger partial charge is 0.391 e. The van der Waals surface area contributed by atoms with Gasteiger partial charge in [-0.15, -0.1) is 11.3 Å². The first-order chi connectivity index (χ1) is 10.2. The standard InChI is InChI=1S/C15H19N3O2S/c1-2-4-13(19)10-17-15(20)18-12-6-3-5-11(9-12)14-16-7-8-21-14/h3,5-9,13,19H,2,4,10H2,1H3,(H2,17,18,20). The molecule has 0 saturated heterocycles. The molecule has 0 aliphatic heterocycles. The lowest BCUT2D eigenvalue weighted by molar-refractivity contribution is 0.162. The first-order valence-corrected chi connectivity index (χ1v) is 7.80. The van der Waals surface area contributed by atoms with Crippen molar-refractivity contribution in [3.05, 3.63) is 35.8 Å². The topological polar surface area (TPSA) is 74.2 Å². The second-order valence-electron chi connectivity index (χ2n) is 4.70. The van der Waals surface area contributed by atoms with Gasteiger partial charge in [0.15, 0.2) is 0 Å². The van der Waals surface area contributed by atoms with Crippen LogP contribution in [0.3, 0.4) is 0 Å². The Labute approximate surface area is 128 Å². The zero-order valence-electron chi connectivity index (χ0n) is 11.9. The highest BCUT2D eigenvalue weighted by Crippen LogP contribution is 2.24. The number of aromatic nitrogens is 1. The van der Waals surface area contributed by atoms with Crippen molar-refractivity contribution >= 4 is 23.1 Å². The number of aliphatic hydroxyl groups is 1. The molecule has 1 atom stereocenters. The van der Waals surface area contributed by atoms with Gasteiger partial charge in [-0.2, -0.15) is 0 Å². The Morgan fingerprint density at radius 2 is 2.33 bits per heavy atom. The van der Waals surface area contributed by atoms with Crippen LogP contribution in [-0.2, 0) is 0 Å². The molecular weight excluding hydrogens is 286 g/mol. The van der Waals surface area contributed by atoms with Crippen LogP contribution in [0.5, 0.6) is 0 Å². The van der Waals surface area contributed by atoms with E-state index >= 15 is 0 Å². The van der Waals surface area contributed by atoms with Crippen LogP contribution in [0.2, 0.25) is 0 Å². The maximum atomic E-state index is 11.8. The SMILES string of the molecule is CCCC(O)CNC(=O)Nc1cccc(-c2nccs2)c1. The zero-order valence-corrected chi connectivity index (χ0v) is 12.7. The number of nitrogens with one attached hydrogen (secondary N) is 2. The molecule has 0 saturated carbocycles. The number of carbonyl (C=O) groups is 1. The molecule has 0 aliphatic carbocycles. The lowest BCUT2D eigenvalue weighted by Gasteiger charge is -2.12. The van der Waals surface area contributed by atoms with E-state index in [1.165, 1.54) is 0 Å². The van der Waals surface area contributed by atoms with Crippen molar-refractivity contribution < 1.29 is 9.90 Å². The van der Waals surface area contributed by atoms with Gasteiger partial charge in [0.05, 0.1) is 6.10 Å². The molecule has 0 spiro atoms. The molecule has 1 heterocycles. The van der Waals surface area contributed by atoms with E-state index in [2.05, 4.69) is 15.6 Å². The molecule has 2 rings (SSSR count). The second-order valence-corrected chi connectivity index (χ2v) is 5.59. The van der Waals surface area contributed by atoms with Gasteiger partial charge in [-0.05, 0) is 18.6 Å². The van der Waals surface area contributed by atoms with Gasteiger partial charge in [0.25, 0.3) is 0 Å². The van der Waals surface area contributed by atoms with Gasteiger partial charge in [-0.1, -0.05) is 25.5 Å². The lowest BCUT2D eigenvalue weighted by Crippen LogP contribution is -2.35. The summed E-state index contributed by atoms with van der Waals surface area (Å²) in [6.07, 6.45) is 2.82. The normalized spacial score (nSPS) is 11.9. The molecule has 2 aromatic rings. The maximum Gasteiger partial charge on any atom is 0.319 e. The number of hydrogen-bond acceptors (Lipinski definition) is 4. The summed E-state index contributed by atoms with van der Waals surface area (Å²) >= 11 is 1.55. The molecule has 112 valence electrons. The number of benzene rings is 1. The van der Waals surface area contributed by atoms with Gasteiger partial charge in [-0.25, -0.2) is 9.78 Å². The molecule has 1 unspecified atom stereocenters. The van der Waals surface area contributed by atoms with E-state index in [-0.39, 0.29) is 12.6 Å². The van der Waals surface area contributed by atoms with Crippen LogP contribution < -0.4 is 10.6 Å². The first kappa shape index (κ1) is 15.5. The Morgan fingerprint density at radius 1 is 1.48 bits per heavy atom. The molecule has 0 aliphatic rings. The van der Waals surface area contributed by atoms with Gasteiger partial charge >= 0.3 is 6.03 Å². The van der Waals surface area contributed by atoms with E-state index in [1.807, 2.05) is 36.6 Å². The minimum atomic E-state index is -0.498. The van der Waals surface area contributed by atoms with Crippen LogP contribution in [-0.4, -0.2) is 28.8 Å². The predicted molar refractivity (Wildman–Crippen MR) is 85.5 cm³/mol. The molecule has 0 fully saturated rings. The molecule has 6 heteroatoms. The first-order valence-electron chi connectivity index (χ1n) is 6.92. The Kier molecular flexibility index (Phi) is 5.71. The number of thiazole rings is 1. The molecule has 0 radical (unpaired) electrons. The summed E-state index contributed by atoms with van der Waals surface area (Å²) in [5.74, 6) is 0. The monoisotopic (exact) mass is 305 g/mol. The number of aliphatic hydroxyl groups excluding tert-OH is 1. The number of anilines is 1. The predicted octanol–water partition coefficient (Wildman–Crippen LogP) is 3.09. The van der Waals surface area contributed by atoms with Gasteiger partial charge in [0, 0.05) is 29.4 Å². The summed E-state index contributed by atoms with van der Waals surface area (Å²) in [7, 11) is 0. The average Bonchev–Trinajstić information content (AvgIpc) is 3.00. The van der Waals surface area contributed by atoms with E-state index in [4.69, 9.17) is 0 Å². The maximum absolute atomic E-state index is 11.8. The van der Waals surface area contributed by atoms with Gasteiger partial charge in [-0.3, -0.25) is 0 Å². The van der Waals surface area contributed by atoms with Crippen molar-refractivity contribution in [3.8, 4) is 10.6 Å². The van der Waals surface area contributed by atoms with Crippen molar-refractivity contribution in [3.63, 3.8) is 0 Å². The van der Waals surface area contributed by atoms with E-state index in [0.717, 1.165) is 17.0 Å². The molecule has 1 aromatic heterocycles. The summed E-state index contributed by atoms with van der Waals surface area (Å²) in [6.45, 7) is 2.25. The number of nitrogens with zero attached hydrogens (tertiary/aromatic N) is 1. The quantitative estimate of drug-likeness (QED) is 0.767. The van der Waals surface area contributed by atoms with Crippen molar-refractivity contribution in [1.29, 1.82) is 0 Å². The fourth-order valence-electron chi connectivity index (χ4n) is 1.92. The molecular formula is C15H19N3O2S. The third kappa shape index (κ3) is 4.84. The molecule has 2 amide bonds. The lowest BCUT2D eigenvalue weighted by atomic mass is 10.2. The third-order valence-corrected chi connectivity index (χ3v) is 3.74. The molecule has 3 N–H and O–H groups in total. The van der Waals surface area contributed by atoms with Gasteiger partial charge in [0.1, 0.15) is 5.01 Å². The van der Waals surface area contributed by atoms with Crippen LogP contribution in [0.25, 0.3) is 10.6 Å². The van der Waals surface area contributed by atoms with Crippen molar-refractivity contribution in [2.75, 3.05) is 11.9 Å². The van der Waals surface area contributed by atoms with Crippen LogP contribution in [0.15, 0.2) is 35.8 Å². The average molecular weight is 305 g/mol. The minimum absolute atomic E-state index is 0.256. The number of hydrogen-bond donors (Lipinski definition) is 3. The summed E-state index contributed by atoms with van der Waals surface area (Å²) in [5.41, 5.74) is 1.67. The molecule has 5 nitrogen and oxygen atoms in total. The molecule has 0 bridgehead atoms. The summed E-state index contributed by atoms with van der Waals surface area (Å²) < 4.78 is 0. The Hall–Kier alpha value is -1.92. The number of carbonyl (C=O) groups excluding carboxylic acids is 1. The van der Waals surface area contributed by atoms with Crippen molar-refractivity contribution in [2.45, 2.75) is 25.9 Å². The smallest absolute Gasteiger partial charge is 0.319 e. The highest BCUT2D eigenvalue weighted by atomic mass is 32.1. The number of urea groups is 1. The number of amides is 2. The van der Waals surface area contributed by atoms with E-state index in [1.54, 1.807) is 17.5 Å². The van der Waals surface area contributed by atoms with Crippen LogP contribution in [0.4, 0.5) is 10.5 Å². The Morgan fingerprint density at radius 3 is 3.05 bits per heavy atom. The number of rotatable bonds is 6. The second kappa shape index (κ2) is 7.75. The van der Waals surface area contributed by atoms with E-state index in [9.17, 15) is 9.90 Å². The Balaban J connectivity index is 1.91. The van der Waals surface area contributed by atoms with E-state index < -0.39 is 6.10 Å². The van der Waals surface area contributed by atoms with Gasteiger partial charge in [0.2, 0.25) is 0 Å². The summed E-state index contributed by atoms with van der Waals surface area (Å²) in [4.78, 5) is 16.0. The highest BCUT2D eigenvalue weighted by molar-refractivity contribution is 7.13.